The normalized spacial score (nSPS) is 15.2. The van der Waals surface area contributed by atoms with Gasteiger partial charge in [-0.15, -0.1) is 0 Å². The summed E-state index contributed by atoms with van der Waals surface area (Å²) >= 11 is 1.53. The lowest BCUT2D eigenvalue weighted by Crippen LogP contribution is -2.15. The van der Waals surface area contributed by atoms with Crippen molar-refractivity contribution in [1.82, 2.24) is 0 Å². The second kappa shape index (κ2) is 14.5. The van der Waals surface area contributed by atoms with E-state index in [1.54, 1.807) is 26.4 Å². The van der Waals surface area contributed by atoms with E-state index in [0.29, 0.717) is 45.9 Å². The molecule has 2 aliphatic heterocycles. The van der Waals surface area contributed by atoms with E-state index >= 15 is 4.39 Å². The van der Waals surface area contributed by atoms with Crippen LogP contribution in [0.5, 0.6) is 23.0 Å². The van der Waals surface area contributed by atoms with Gasteiger partial charge in [-0.25, -0.2) is 9.18 Å². The van der Waals surface area contributed by atoms with E-state index in [2.05, 4.69) is 51.5 Å². The zero-order chi connectivity index (χ0) is 35.6. The zero-order valence-electron chi connectivity index (χ0n) is 29.1. The fourth-order valence-electron chi connectivity index (χ4n) is 6.79. The highest BCUT2D eigenvalue weighted by Gasteiger charge is 2.37. The molecule has 0 radical (unpaired) electrons. The molecule has 0 aromatic heterocycles. The van der Waals surface area contributed by atoms with Gasteiger partial charge in [0.05, 0.1) is 56.5 Å². The van der Waals surface area contributed by atoms with Gasteiger partial charge in [-0.3, -0.25) is 4.31 Å². The molecule has 7 rings (SSSR count). The highest BCUT2D eigenvalue weighted by atomic mass is 32.2. The average molecular weight is 707 g/mol. The Bertz CT molecular complexity index is 2150. The van der Waals surface area contributed by atoms with Gasteiger partial charge < -0.3 is 28.4 Å². The number of cyclic esters (lactones) is 1. The van der Waals surface area contributed by atoms with E-state index in [1.165, 1.54) is 41.6 Å². The summed E-state index contributed by atoms with van der Waals surface area (Å²) in [6.07, 6.45) is 0.212. The van der Waals surface area contributed by atoms with Crippen molar-refractivity contribution in [2.45, 2.75) is 38.9 Å². The van der Waals surface area contributed by atoms with Crippen LogP contribution in [0.1, 0.15) is 42.2 Å². The van der Waals surface area contributed by atoms with Gasteiger partial charge in [-0.1, -0.05) is 54.6 Å². The van der Waals surface area contributed by atoms with Crippen LogP contribution in [0.15, 0.2) is 96.6 Å². The van der Waals surface area contributed by atoms with Gasteiger partial charge in [-0.05, 0) is 102 Å². The van der Waals surface area contributed by atoms with Crippen molar-refractivity contribution in [2.24, 2.45) is 0 Å². The molecule has 5 aromatic carbocycles. The van der Waals surface area contributed by atoms with E-state index in [-0.39, 0.29) is 11.9 Å². The molecule has 262 valence electrons. The summed E-state index contributed by atoms with van der Waals surface area (Å²) in [5.41, 5.74) is 6.35. The molecule has 0 bridgehead atoms. The second-order valence-electron chi connectivity index (χ2n) is 12.7. The fourth-order valence-corrected chi connectivity index (χ4v) is 7.60. The van der Waals surface area contributed by atoms with Crippen LogP contribution >= 0.6 is 12.1 Å². The molecule has 1 N–H and O–H groups in total. The monoisotopic (exact) mass is 706 g/mol. The largest absolute Gasteiger partial charge is 0.494 e. The predicted octanol–water partition coefficient (Wildman–Crippen LogP) is 9.12. The maximum Gasteiger partial charge on any atom is 0.339 e. The summed E-state index contributed by atoms with van der Waals surface area (Å²) in [5, 5.41) is 2.49. The van der Waals surface area contributed by atoms with Crippen molar-refractivity contribution in [3.05, 3.63) is 125 Å². The topological polar surface area (TPSA) is 78.5 Å². The first-order chi connectivity index (χ1) is 24.8. The highest BCUT2D eigenvalue weighted by molar-refractivity contribution is 8.02. The van der Waals surface area contributed by atoms with Crippen molar-refractivity contribution in [3.8, 4) is 23.0 Å². The molecule has 0 saturated heterocycles. The van der Waals surface area contributed by atoms with Crippen molar-refractivity contribution in [3.63, 3.8) is 0 Å². The van der Waals surface area contributed by atoms with Gasteiger partial charge in [0, 0.05) is 6.54 Å². The SMILES string of the molecule is COc1ccc(C2OC(=O)C(c3ccc4c(c3)NSN4CCc3cccc4ccccc34)=C2Cc2cc(OC)c(OC)c(OC(C)C)c2)cc1F. The molecular weight excluding hydrogens is 668 g/mol. The third kappa shape index (κ3) is 6.76. The van der Waals surface area contributed by atoms with Gasteiger partial charge in [0.2, 0.25) is 5.75 Å². The van der Waals surface area contributed by atoms with Gasteiger partial charge in [0.15, 0.2) is 23.1 Å². The summed E-state index contributed by atoms with van der Waals surface area (Å²) in [4.78, 5) is 13.8. The Morgan fingerprint density at radius 1 is 0.882 bits per heavy atom. The molecule has 51 heavy (non-hydrogen) atoms. The maximum atomic E-state index is 15.0. The summed E-state index contributed by atoms with van der Waals surface area (Å²) in [6, 6.07) is 29.2. The molecule has 1 unspecified atom stereocenters. The number of ether oxygens (including phenoxy) is 5. The minimum absolute atomic E-state index is 0.108. The molecule has 0 amide bonds. The van der Waals surface area contributed by atoms with E-state index in [0.717, 1.165) is 29.9 Å². The Hall–Kier alpha value is -5.35. The van der Waals surface area contributed by atoms with E-state index < -0.39 is 17.9 Å². The van der Waals surface area contributed by atoms with Gasteiger partial charge >= 0.3 is 5.97 Å². The molecule has 1 atom stereocenters. The van der Waals surface area contributed by atoms with Crippen LogP contribution in [-0.4, -0.2) is 39.9 Å². The summed E-state index contributed by atoms with van der Waals surface area (Å²) in [5.74, 6) is 0.569. The Balaban J connectivity index is 1.25. The molecule has 0 saturated carbocycles. The molecule has 0 fully saturated rings. The first-order valence-electron chi connectivity index (χ1n) is 16.8. The van der Waals surface area contributed by atoms with Crippen molar-refractivity contribution in [2.75, 3.05) is 36.9 Å². The third-order valence-corrected chi connectivity index (χ3v) is 10.0. The molecule has 0 spiro atoms. The second-order valence-corrected chi connectivity index (χ2v) is 13.5. The smallest absolute Gasteiger partial charge is 0.339 e. The van der Waals surface area contributed by atoms with Crippen LogP contribution in [0.25, 0.3) is 16.3 Å². The maximum absolute atomic E-state index is 15.0. The quantitative estimate of drug-likeness (QED) is 0.101. The van der Waals surface area contributed by atoms with Crippen molar-refractivity contribution in [1.29, 1.82) is 0 Å². The molecule has 10 heteroatoms. The van der Waals surface area contributed by atoms with E-state index in [9.17, 15) is 4.79 Å². The molecule has 0 aliphatic carbocycles. The van der Waals surface area contributed by atoms with E-state index in [4.69, 9.17) is 23.7 Å². The lowest BCUT2D eigenvalue weighted by Gasteiger charge is -2.20. The standard InChI is InChI=1S/C41H39FN2O6S/c1-24(2)49-37-21-25(20-36(47-4)40(37)48-5)19-31-38(41(45)50-39(31)29-14-16-35(46-3)32(42)22-29)28-13-15-34-33(23-28)43-51-44(34)18-17-27-11-8-10-26-9-6-7-12-30(26)27/h6-16,20-24,39,43H,17-19H2,1-5H3. The lowest BCUT2D eigenvalue weighted by molar-refractivity contribution is -0.138. The predicted molar refractivity (Wildman–Crippen MR) is 200 cm³/mol. The molecule has 5 aromatic rings. The Morgan fingerprint density at radius 3 is 2.43 bits per heavy atom. The van der Waals surface area contributed by atoms with Crippen LogP contribution in [0, 0.1) is 5.82 Å². The summed E-state index contributed by atoms with van der Waals surface area (Å²) in [6.45, 7) is 4.66. The number of rotatable bonds is 12. The minimum Gasteiger partial charge on any atom is -0.494 e. The fraction of sp³-hybridized carbons (Fsp3) is 0.244. The van der Waals surface area contributed by atoms with Crippen LogP contribution < -0.4 is 28.0 Å². The summed E-state index contributed by atoms with van der Waals surface area (Å²) in [7, 11) is 4.54. The molecular formula is C41H39FN2O6S. The number of benzene rings is 5. The molecule has 8 nitrogen and oxygen atoms in total. The zero-order valence-corrected chi connectivity index (χ0v) is 29.9. The van der Waals surface area contributed by atoms with Gasteiger partial charge in [-0.2, -0.15) is 0 Å². The first-order valence-corrected chi connectivity index (χ1v) is 17.6. The molecule has 2 aliphatic rings. The first kappa shape index (κ1) is 34.1. The van der Waals surface area contributed by atoms with Crippen LogP contribution in [-0.2, 0) is 22.4 Å². The average Bonchev–Trinajstić information content (AvgIpc) is 3.69. The number of carbonyl (C=O) groups is 1. The van der Waals surface area contributed by atoms with Crippen molar-refractivity contribution >= 4 is 45.8 Å². The van der Waals surface area contributed by atoms with Crippen LogP contribution in [0.2, 0.25) is 0 Å². The lowest BCUT2D eigenvalue weighted by atomic mass is 9.90. The van der Waals surface area contributed by atoms with Crippen LogP contribution in [0.4, 0.5) is 15.8 Å². The number of halogens is 1. The Kier molecular flexibility index (Phi) is 9.69. The Labute approximate surface area is 301 Å². The highest BCUT2D eigenvalue weighted by Crippen LogP contribution is 2.47. The van der Waals surface area contributed by atoms with Crippen molar-refractivity contribution < 1.29 is 32.9 Å². The summed E-state index contributed by atoms with van der Waals surface area (Å²) < 4.78 is 49.3. The number of anilines is 2. The number of nitrogens with zero attached hydrogens (tertiary/aromatic N) is 1. The number of hydrogen-bond donors (Lipinski definition) is 1. The third-order valence-electron chi connectivity index (χ3n) is 9.09. The minimum atomic E-state index is -0.830. The number of nitrogens with one attached hydrogen (secondary N) is 1. The number of fused-ring (bicyclic) bond motifs is 2. The number of methoxy groups -OCH3 is 3. The van der Waals surface area contributed by atoms with Gasteiger partial charge in [0.25, 0.3) is 0 Å². The van der Waals surface area contributed by atoms with Gasteiger partial charge in [0.1, 0.15) is 6.10 Å². The Morgan fingerprint density at radius 2 is 1.67 bits per heavy atom. The number of carbonyl (C=O) groups excluding carboxylic acids is 1. The molecule has 2 heterocycles. The van der Waals surface area contributed by atoms with E-state index in [1.807, 2.05) is 44.2 Å². The van der Waals surface area contributed by atoms with Crippen LogP contribution in [0.3, 0.4) is 0 Å². The number of hydrogen-bond acceptors (Lipinski definition) is 9. The number of esters is 1.